The Labute approximate surface area is 143 Å². The molecule has 2 aromatic carbocycles. The average Bonchev–Trinajstić information content (AvgIpc) is 2.61. The van der Waals surface area contributed by atoms with Gasteiger partial charge in [-0.15, -0.1) is 6.58 Å². The first-order valence-electron chi connectivity index (χ1n) is 7.82. The number of hydrogen-bond donors (Lipinski definition) is 1. The first kappa shape index (κ1) is 17.6. The summed E-state index contributed by atoms with van der Waals surface area (Å²) >= 11 is 0. The molecular weight excluding hydrogens is 302 g/mol. The van der Waals surface area contributed by atoms with E-state index in [-0.39, 0.29) is 11.9 Å². The Kier molecular flexibility index (Phi) is 6.01. The lowest BCUT2D eigenvalue weighted by Crippen LogP contribution is -2.27. The number of benzene rings is 2. The summed E-state index contributed by atoms with van der Waals surface area (Å²) in [5.41, 5.74) is 2.47. The van der Waals surface area contributed by atoms with Crippen molar-refractivity contribution in [2.45, 2.75) is 19.4 Å². The summed E-state index contributed by atoms with van der Waals surface area (Å²) < 4.78 is 10.7. The maximum atomic E-state index is 12.6. The number of nitrogens with one attached hydrogen (secondary N) is 1. The van der Waals surface area contributed by atoms with Crippen molar-refractivity contribution < 1.29 is 14.3 Å². The fourth-order valence-corrected chi connectivity index (χ4v) is 2.62. The summed E-state index contributed by atoms with van der Waals surface area (Å²) in [5, 5.41) is 3.01. The van der Waals surface area contributed by atoms with E-state index >= 15 is 0 Å². The highest BCUT2D eigenvalue weighted by Crippen LogP contribution is 2.25. The van der Waals surface area contributed by atoms with Crippen LogP contribution < -0.4 is 14.8 Å². The second kappa shape index (κ2) is 8.20. The molecule has 0 aliphatic heterocycles. The molecule has 1 amide bonds. The van der Waals surface area contributed by atoms with Gasteiger partial charge in [-0.3, -0.25) is 4.79 Å². The highest BCUT2D eigenvalue weighted by atomic mass is 16.5. The van der Waals surface area contributed by atoms with Crippen LogP contribution in [0.15, 0.2) is 55.1 Å². The van der Waals surface area contributed by atoms with Crippen molar-refractivity contribution in [3.8, 4) is 11.5 Å². The lowest BCUT2D eigenvalue weighted by Gasteiger charge is -2.18. The SMILES string of the molecule is C=CCc1cc(C(=O)N[C@@H](C)c2ccccc2OC)ccc1OC. The second-order valence-electron chi connectivity index (χ2n) is 5.46. The molecule has 0 saturated heterocycles. The van der Waals surface area contributed by atoms with Gasteiger partial charge in [0.15, 0.2) is 0 Å². The van der Waals surface area contributed by atoms with Crippen molar-refractivity contribution in [2.75, 3.05) is 14.2 Å². The molecule has 0 bridgehead atoms. The molecule has 0 fully saturated rings. The fourth-order valence-electron chi connectivity index (χ4n) is 2.62. The number of ether oxygens (including phenoxy) is 2. The number of carbonyl (C=O) groups excluding carboxylic acids is 1. The van der Waals surface area contributed by atoms with E-state index in [1.54, 1.807) is 26.4 Å². The van der Waals surface area contributed by atoms with Gasteiger partial charge < -0.3 is 14.8 Å². The molecule has 1 atom stereocenters. The molecule has 0 saturated carbocycles. The van der Waals surface area contributed by atoms with E-state index in [0.717, 1.165) is 22.6 Å². The number of carbonyl (C=O) groups is 1. The summed E-state index contributed by atoms with van der Waals surface area (Å²) in [4.78, 5) is 12.6. The quantitative estimate of drug-likeness (QED) is 0.785. The zero-order valence-electron chi connectivity index (χ0n) is 14.3. The van der Waals surface area contributed by atoms with Crippen LogP contribution in [-0.2, 0) is 6.42 Å². The van der Waals surface area contributed by atoms with E-state index < -0.39 is 0 Å². The predicted octanol–water partition coefficient (Wildman–Crippen LogP) is 3.92. The largest absolute Gasteiger partial charge is 0.496 e. The summed E-state index contributed by atoms with van der Waals surface area (Å²) in [6, 6.07) is 12.9. The van der Waals surface area contributed by atoms with Gasteiger partial charge in [-0.25, -0.2) is 0 Å². The number of allylic oxidation sites excluding steroid dienone is 1. The molecule has 126 valence electrons. The van der Waals surface area contributed by atoms with Crippen molar-refractivity contribution in [1.29, 1.82) is 0 Å². The standard InChI is InChI=1S/C20H23NO3/c1-5-8-15-13-16(11-12-18(15)23-3)20(22)21-14(2)17-9-6-7-10-19(17)24-4/h5-7,9-14H,1,8H2,2-4H3,(H,21,22)/t14-/m0/s1. The predicted molar refractivity (Wildman–Crippen MR) is 95.8 cm³/mol. The van der Waals surface area contributed by atoms with Crippen LogP contribution >= 0.6 is 0 Å². The monoisotopic (exact) mass is 325 g/mol. The van der Waals surface area contributed by atoms with Crippen LogP contribution in [0.3, 0.4) is 0 Å². The summed E-state index contributed by atoms with van der Waals surface area (Å²) in [7, 11) is 3.24. The van der Waals surface area contributed by atoms with Gasteiger partial charge >= 0.3 is 0 Å². The lowest BCUT2D eigenvalue weighted by molar-refractivity contribution is 0.0939. The first-order chi connectivity index (χ1) is 11.6. The van der Waals surface area contributed by atoms with Crippen LogP contribution in [0.2, 0.25) is 0 Å². The molecule has 0 spiro atoms. The smallest absolute Gasteiger partial charge is 0.251 e. The Morgan fingerprint density at radius 3 is 2.54 bits per heavy atom. The molecule has 4 heteroatoms. The number of rotatable bonds is 7. The van der Waals surface area contributed by atoms with Gasteiger partial charge in [0, 0.05) is 11.1 Å². The van der Waals surface area contributed by atoms with E-state index in [1.807, 2.05) is 43.3 Å². The number of hydrogen-bond acceptors (Lipinski definition) is 3. The van der Waals surface area contributed by atoms with E-state index in [9.17, 15) is 4.79 Å². The summed E-state index contributed by atoms with van der Waals surface area (Å²) in [6.07, 6.45) is 2.43. The highest BCUT2D eigenvalue weighted by Gasteiger charge is 2.16. The van der Waals surface area contributed by atoms with Gasteiger partial charge in [-0.1, -0.05) is 24.3 Å². The van der Waals surface area contributed by atoms with Crippen molar-refractivity contribution >= 4 is 5.91 Å². The molecule has 0 unspecified atom stereocenters. The Balaban J connectivity index is 2.20. The minimum Gasteiger partial charge on any atom is -0.496 e. The highest BCUT2D eigenvalue weighted by molar-refractivity contribution is 5.94. The lowest BCUT2D eigenvalue weighted by atomic mass is 10.0. The molecule has 1 N–H and O–H groups in total. The third kappa shape index (κ3) is 3.96. The Bertz CT molecular complexity index is 725. The second-order valence-corrected chi connectivity index (χ2v) is 5.46. The van der Waals surface area contributed by atoms with E-state index in [1.165, 1.54) is 0 Å². The number of amides is 1. The first-order valence-corrected chi connectivity index (χ1v) is 7.82. The van der Waals surface area contributed by atoms with E-state index in [2.05, 4.69) is 11.9 Å². The van der Waals surface area contributed by atoms with Gasteiger partial charge in [0.1, 0.15) is 11.5 Å². The van der Waals surface area contributed by atoms with Crippen LogP contribution in [0.5, 0.6) is 11.5 Å². The molecule has 4 nitrogen and oxygen atoms in total. The molecule has 0 aliphatic rings. The Morgan fingerprint density at radius 2 is 1.88 bits per heavy atom. The van der Waals surface area contributed by atoms with Gasteiger partial charge in [0.05, 0.1) is 20.3 Å². The molecule has 24 heavy (non-hydrogen) atoms. The zero-order valence-corrected chi connectivity index (χ0v) is 14.3. The van der Waals surface area contributed by atoms with Gasteiger partial charge in [-0.2, -0.15) is 0 Å². The van der Waals surface area contributed by atoms with Crippen LogP contribution in [0, 0.1) is 0 Å². The Hall–Kier alpha value is -2.75. The van der Waals surface area contributed by atoms with Gasteiger partial charge in [-0.05, 0) is 43.2 Å². The summed E-state index contributed by atoms with van der Waals surface area (Å²) in [6.45, 7) is 5.68. The van der Waals surface area contributed by atoms with Crippen LogP contribution in [-0.4, -0.2) is 20.1 Å². The molecule has 2 rings (SSSR count). The molecule has 2 aromatic rings. The summed E-state index contributed by atoms with van der Waals surface area (Å²) in [5.74, 6) is 1.37. The zero-order chi connectivity index (χ0) is 17.5. The maximum absolute atomic E-state index is 12.6. The van der Waals surface area contributed by atoms with Crippen molar-refractivity contribution in [1.82, 2.24) is 5.32 Å². The van der Waals surface area contributed by atoms with E-state index in [4.69, 9.17) is 9.47 Å². The van der Waals surface area contributed by atoms with Crippen molar-refractivity contribution in [2.24, 2.45) is 0 Å². The minimum atomic E-state index is -0.168. The van der Waals surface area contributed by atoms with E-state index in [0.29, 0.717) is 12.0 Å². The van der Waals surface area contributed by atoms with Crippen LogP contribution in [0.1, 0.15) is 34.5 Å². The molecular formula is C20H23NO3. The van der Waals surface area contributed by atoms with Gasteiger partial charge in [0.25, 0.3) is 5.91 Å². The molecule has 0 aliphatic carbocycles. The average molecular weight is 325 g/mol. The normalized spacial score (nSPS) is 11.5. The minimum absolute atomic E-state index is 0.138. The topological polar surface area (TPSA) is 47.6 Å². The molecule has 0 radical (unpaired) electrons. The molecule has 0 aromatic heterocycles. The van der Waals surface area contributed by atoms with Crippen molar-refractivity contribution in [3.63, 3.8) is 0 Å². The van der Waals surface area contributed by atoms with Gasteiger partial charge in [0.2, 0.25) is 0 Å². The Morgan fingerprint density at radius 1 is 1.17 bits per heavy atom. The third-order valence-electron chi connectivity index (χ3n) is 3.86. The van der Waals surface area contributed by atoms with Crippen LogP contribution in [0.4, 0.5) is 0 Å². The molecule has 0 heterocycles. The maximum Gasteiger partial charge on any atom is 0.251 e. The number of para-hydroxylation sites is 1. The third-order valence-corrected chi connectivity index (χ3v) is 3.86. The fraction of sp³-hybridized carbons (Fsp3) is 0.250. The van der Waals surface area contributed by atoms with Crippen LogP contribution in [0.25, 0.3) is 0 Å². The number of methoxy groups -OCH3 is 2. The van der Waals surface area contributed by atoms with Crippen molar-refractivity contribution in [3.05, 3.63) is 71.8 Å².